The minimum Gasteiger partial charge on any atom is -0.357 e. The number of nitrogens with one attached hydrogen (secondary N) is 2. The van der Waals surface area contributed by atoms with E-state index in [9.17, 15) is 13.2 Å². The van der Waals surface area contributed by atoms with Crippen LogP contribution < -0.4 is 10.6 Å². The molecule has 0 aromatic heterocycles. The first-order valence-corrected chi connectivity index (χ1v) is 6.70. The van der Waals surface area contributed by atoms with E-state index < -0.39 is 11.7 Å². The molecule has 21 heavy (non-hydrogen) atoms. The highest BCUT2D eigenvalue weighted by atomic mass is 127. The molecular weight excluding hydrogens is 394 g/mol. The summed E-state index contributed by atoms with van der Waals surface area (Å²) in [6.07, 6.45) is -2.07. The number of hydrogen-bond donors (Lipinski definition) is 2. The molecule has 1 fully saturated rings. The third-order valence-electron chi connectivity index (χ3n) is 2.94. The monoisotopic (exact) mass is 413 g/mol. The zero-order valence-corrected chi connectivity index (χ0v) is 14.0. The van der Waals surface area contributed by atoms with Gasteiger partial charge in [0.2, 0.25) is 0 Å². The quantitative estimate of drug-likeness (QED) is 0.450. The van der Waals surface area contributed by atoms with Crippen molar-refractivity contribution in [3.63, 3.8) is 0 Å². The molecule has 1 aliphatic carbocycles. The van der Waals surface area contributed by atoms with Gasteiger partial charge in [0.1, 0.15) is 0 Å². The van der Waals surface area contributed by atoms with Gasteiger partial charge in [0, 0.05) is 12.6 Å². The summed E-state index contributed by atoms with van der Waals surface area (Å²) >= 11 is 0. The van der Waals surface area contributed by atoms with Crippen molar-refractivity contribution in [2.75, 3.05) is 6.54 Å². The van der Waals surface area contributed by atoms with Crippen LogP contribution in [0.3, 0.4) is 0 Å². The summed E-state index contributed by atoms with van der Waals surface area (Å²) in [6, 6.07) is 5.73. The van der Waals surface area contributed by atoms with Gasteiger partial charge >= 0.3 is 6.18 Å². The van der Waals surface area contributed by atoms with Crippen molar-refractivity contribution in [2.24, 2.45) is 4.99 Å². The number of alkyl halides is 3. The Bertz CT molecular complexity index is 485. The largest absolute Gasteiger partial charge is 0.416 e. The molecule has 0 atom stereocenters. The van der Waals surface area contributed by atoms with Gasteiger partial charge in [-0.05, 0) is 37.5 Å². The Balaban J connectivity index is 0.00000220. The molecule has 0 bridgehead atoms. The molecule has 2 rings (SSSR count). The lowest BCUT2D eigenvalue weighted by atomic mass is 10.1. The van der Waals surface area contributed by atoms with Crippen LogP contribution in [-0.2, 0) is 12.7 Å². The molecule has 0 spiro atoms. The molecule has 0 amide bonds. The molecule has 7 heteroatoms. The molecule has 1 aromatic rings. The van der Waals surface area contributed by atoms with Crippen LogP contribution >= 0.6 is 24.0 Å². The first kappa shape index (κ1) is 18.1. The highest BCUT2D eigenvalue weighted by molar-refractivity contribution is 14.0. The van der Waals surface area contributed by atoms with E-state index in [0.29, 0.717) is 17.6 Å². The standard InChI is InChI=1S/C14H18F3N3.HI/c1-2-18-13(20-12-6-7-12)19-9-10-4-3-5-11(8-10)14(15,16)17;/h3-5,8,12H,2,6-7,9H2,1H3,(H2,18,19,20);1H. The van der Waals surface area contributed by atoms with E-state index in [1.807, 2.05) is 6.92 Å². The van der Waals surface area contributed by atoms with Gasteiger partial charge in [-0.3, -0.25) is 0 Å². The van der Waals surface area contributed by atoms with Gasteiger partial charge in [-0.25, -0.2) is 4.99 Å². The SMILES string of the molecule is CCNC(=NCc1cccc(C(F)(F)F)c1)NC1CC1.I. The zero-order chi connectivity index (χ0) is 14.6. The Morgan fingerprint density at radius 1 is 1.33 bits per heavy atom. The van der Waals surface area contributed by atoms with Crippen molar-refractivity contribution in [3.05, 3.63) is 35.4 Å². The van der Waals surface area contributed by atoms with E-state index in [-0.39, 0.29) is 30.5 Å². The predicted molar refractivity (Wildman–Crippen MR) is 87.8 cm³/mol. The van der Waals surface area contributed by atoms with Crippen LogP contribution in [0, 0.1) is 0 Å². The first-order chi connectivity index (χ1) is 9.49. The van der Waals surface area contributed by atoms with Gasteiger partial charge in [0.25, 0.3) is 0 Å². The second-order valence-electron chi connectivity index (χ2n) is 4.81. The molecule has 0 aliphatic heterocycles. The van der Waals surface area contributed by atoms with Crippen molar-refractivity contribution in [1.29, 1.82) is 0 Å². The average molecular weight is 413 g/mol. The fourth-order valence-corrected chi connectivity index (χ4v) is 1.76. The summed E-state index contributed by atoms with van der Waals surface area (Å²) in [5, 5.41) is 6.31. The number of hydrogen-bond acceptors (Lipinski definition) is 1. The van der Waals surface area contributed by atoms with Crippen molar-refractivity contribution in [1.82, 2.24) is 10.6 Å². The summed E-state index contributed by atoms with van der Waals surface area (Å²) < 4.78 is 37.8. The number of nitrogens with zero attached hydrogens (tertiary/aromatic N) is 1. The summed E-state index contributed by atoms with van der Waals surface area (Å²) in [5.41, 5.74) is -0.0850. The Kier molecular flexibility index (Phi) is 6.76. The molecule has 0 saturated heterocycles. The Morgan fingerprint density at radius 2 is 2.05 bits per heavy atom. The highest BCUT2D eigenvalue weighted by Gasteiger charge is 2.30. The van der Waals surface area contributed by atoms with Gasteiger partial charge in [-0.2, -0.15) is 13.2 Å². The van der Waals surface area contributed by atoms with Gasteiger partial charge in [-0.1, -0.05) is 12.1 Å². The van der Waals surface area contributed by atoms with Crippen molar-refractivity contribution >= 4 is 29.9 Å². The molecule has 1 aliphatic rings. The predicted octanol–water partition coefficient (Wildman–Crippen LogP) is 3.54. The molecule has 3 nitrogen and oxygen atoms in total. The second kappa shape index (κ2) is 7.86. The maximum Gasteiger partial charge on any atom is 0.416 e. The third kappa shape index (κ3) is 6.11. The molecule has 2 N–H and O–H groups in total. The van der Waals surface area contributed by atoms with Crippen molar-refractivity contribution < 1.29 is 13.2 Å². The minimum absolute atomic E-state index is 0. The fraction of sp³-hybridized carbons (Fsp3) is 0.500. The third-order valence-corrected chi connectivity index (χ3v) is 2.94. The van der Waals surface area contributed by atoms with E-state index in [1.54, 1.807) is 6.07 Å². The van der Waals surface area contributed by atoms with E-state index >= 15 is 0 Å². The van der Waals surface area contributed by atoms with Crippen LogP contribution in [0.1, 0.15) is 30.9 Å². The van der Waals surface area contributed by atoms with E-state index in [2.05, 4.69) is 15.6 Å². The summed E-state index contributed by atoms with van der Waals surface area (Å²) in [5.74, 6) is 0.660. The molecular formula is C14H19F3IN3. The Labute approximate surface area is 139 Å². The molecule has 118 valence electrons. The summed E-state index contributed by atoms with van der Waals surface area (Å²) in [7, 11) is 0. The van der Waals surface area contributed by atoms with Gasteiger partial charge in [-0.15, -0.1) is 24.0 Å². The molecule has 1 saturated carbocycles. The van der Waals surface area contributed by atoms with E-state index in [1.165, 1.54) is 6.07 Å². The van der Waals surface area contributed by atoms with Crippen molar-refractivity contribution in [3.8, 4) is 0 Å². The lowest BCUT2D eigenvalue weighted by Gasteiger charge is -2.11. The Morgan fingerprint density at radius 3 is 2.62 bits per heavy atom. The average Bonchev–Trinajstić information content (AvgIpc) is 3.20. The number of rotatable bonds is 4. The summed E-state index contributed by atoms with van der Waals surface area (Å²) in [6.45, 7) is 2.90. The lowest BCUT2D eigenvalue weighted by molar-refractivity contribution is -0.137. The fourth-order valence-electron chi connectivity index (χ4n) is 1.76. The first-order valence-electron chi connectivity index (χ1n) is 6.70. The topological polar surface area (TPSA) is 36.4 Å². The number of halogens is 4. The number of aliphatic imine (C=N–C) groups is 1. The van der Waals surface area contributed by atoms with Crippen LogP contribution in [0.25, 0.3) is 0 Å². The van der Waals surface area contributed by atoms with Crippen LogP contribution in [0.2, 0.25) is 0 Å². The van der Waals surface area contributed by atoms with E-state index in [0.717, 1.165) is 31.5 Å². The normalized spacial score (nSPS) is 15.3. The number of guanidine groups is 1. The van der Waals surface area contributed by atoms with E-state index in [4.69, 9.17) is 0 Å². The second-order valence-corrected chi connectivity index (χ2v) is 4.81. The molecule has 0 radical (unpaired) electrons. The maximum atomic E-state index is 12.6. The highest BCUT2D eigenvalue weighted by Crippen LogP contribution is 2.29. The molecule has 0 heterocycles. The summed E-state index contributed by atoms with van der Waals surface area (Å²) in [4.78, 5) is 4.31. The number of benzene rings is 1. The lowest BCUT2D eigenvalue weighted by Crippen LogP contribution is -2.38. The van der Waals surface area contributed by atoms with Gasteiger partial charge in [0.05, 0.1) is 12.1 Å². The van der Waals surface area contributed by atoms with Gasteiger partial charge in [0.15, 0.2) is 5.96 Å². The maximum absolute atomic E-state index is 12.6. The molecule has 1 aromatic carbocycles. The van der Waals surface area contributed by atoms with Crippen molar-refractivity contribution in [2.45, 2.75) is 38.5 Å². The van der Waals surface area contributed by atoms with Crippen LogP contribution in [0.4, 0.5) is 13.2 Å². The van der Waals surface area contributed by atoms with Gasteiger partial charge < -0.3 is 10.6 Å². The smallest absolute Gasteiger partial charge is 0.357 e. The van der Waals surface area contributed by atoms with Crippen LogP contribution in [0.5, 0.6) is 0 Å². The zero-order valence-electron chi connectivity index (χ0n) is 11.7. The van der Waals surface area contributed by atoms with Crippen LogP contribution in [0.15, 0.2) is 29.3 Å². The molecule has 0 unspecified atom stereocenters. The van der Waals surface area contributed by atoms with Crippen LogP contribution in [-0.4, -0.2) is 18.5 Å². The Hall–Kier alpha value is -0.990. The minimum atomic E-state index is -4.31.